The first kappa shape index (κ1) is 14.3. The maximum Gasteiger partial charge on any atom is 0.191 e. The van der Waals surface area contributed by atoms with Crippen molar-refractivity contribution in [2.45, 2.75) is 32.6 Å². The molecule has 4 heteroatoms. The number of benzene rings is 1. The lowest BCUT2D eigenvalue weighted by Gasteiger charge is -2.31. The molecule has 110 valence electrons. The standard InChI is InChI=1S/C17H21N3S/c1-11(2)12-6-8-14(9-7-12)18-17(21)20-19-16-10-13-4-3-5-15(13)16/h3-4,6-9,11,13,15H,5,10H2,1-2H3,(H2,18,20,21)/b19-16-/t13-,15-/m1/s1. The molecular weight excluding hydrogens is 278 g/mol. The van der Waals surface area contributed by atoms with E-state index in [1.807, 2.05) is 0 Å². The average Bonchev–Trinajstić information content (AvgIpc) is 2.81. The average molecular weight is 299 g/mol. The van der Waals surface area contributed by atoms with E-state index in [2.05, 4.69) is 66.1 Å². The summed E-state index contributed by atoms with van der Waals surface area (Å²) in [6, 6.07) is 8.36. The van der Waals surface area contributed by atoms with Gasteiger partial charge in [0, 0.05) is 17.3 Å². The third-order valence-corrected chi connectivity index (χ3v) is 4.49. The van der Waals surface area contributed by atoms with Gasteiger partial charge in [0.25, 0.3) is 0 Å². The minimum atomic E-state index is 0.544. The van der Waals surface area contributed by atoms with Gasteiger partial charge in [-0.3, -0.25) is 5.43 Å². The Hall–Kier alpha value is -1.68. The first-order chi connectivity index (χ1) is 10.1. The smallest absolute Gasteiger partial charge is 0.191 e. The molecule has 2 aliphatic carbocycles. The monoisotopic (exact) mass is 299 g/mol. The topological polar surface area (TPSA) is 36.4 Å². The number of nitrogens with zero attached hydrogens (tertiary/aromatic N) is 1. The van der Waals surface area contributed by atoms with Gasteiger partial charge in [-0.1, -0.05) is 38.1 Å². The zero-order chi connectivity index (χ0) is 14.8. The van der Waals surface area contributed by atoms with Crippen LogP contribution in [0.15, 0.2) is 41.5 Å². The van der Waals surface area contributed by atoms with Gasteiger partial charge in [0.1, 0.15) is 0 Å². The molecule has 0 bridgehead atoms. The molecule has 0 spiro atoms. The Kier molecular flexibility index (Phi) is 4.06. The van der Waals surface area contributed by atoms with Crippen LogP contribution in [0.4, 0.5) is 5.69 Å². The molecule has 0 aliphatic heterocycles. The molecule has 0 heterocycles. The molecule has 3 nitrogen and oxygen atoms in total. The molecular formula is C17H21N3S. The number of nitrogens with one attached hydrogen (secondary N) is 2. The fraction of sp³-hybridized carbons (Fsp3) is 0.412. The van der Waals surface area contributed by atoms with Crippen molar-refractivity contribution in [2.75, 3.05) is 5.32 Å². The summed E-state index contributed by atoms with van der Waals surface area (Å²) < 4.78 is 0. The van der Waals surface area contributed by atoms with Gasteiger partial charge in [-0.15, -0.1) is 0 Å². The molecule has 0 amide bonds. The zero-order valence-corrected chi connectivity index (χ0v) is 13.3. The van der Waals surface area contributed by atoms with E-state index in [1.165, 1.54) is 11.3 Å². The predicted molar refractivity (Wildman–Crippen MR) is 92.7 cm³/mol. The van der Waals surface area contributed by atoms with E-state index in [0.717, 1.165) is 24.4 Å². The molecule has 3 rings (SSSR count). The van der Waals surface area contributed by atoms with Crippen LogP contribution in [0.5, 0.6) is 0 Å². The summed E-state index contributed by atoms with van der Waals surface area (Å²) in [5, 5.41) is 8.16. The van der Waals surface area contributed by atoms with Crippen LogP contribution in [0.1, 0.15) is 38.2 Å². The Labute approximate surface area is 131 Å². The Balaban J connectivity index is 1.51. The van der Waals surface area contributed by atoms with Crippen LogP contribution in [0.25, 0.3) is 0 Å². The van der Waals surface area contributed by atoms with E-state index in [-0.39, 0.29) is 0 Å². The van der Waals surface area contributed by atoms with E-state index in [9.17, 15) is 0 Å². The summed E-state index contributed by atoms with van der Waals surface area (Å²) in [5.74, 6) is 1.88. The highest BCUT2D eigenvalue weighted by molar-refractivity contribution is 7.80. The minimum Gasteiger partial charge on any atom is -0.331 e. The molecule has 0 saturated heterocycles. The molecule has 1 fully saturated rings. The predicted octanol–water partition coefficient (Wildman–Crippen LogP) is 4.05. The van der Waals surface area contributed by atoms with Crippen molar-refractivity contribution in [1.29, 1.82) is 0 Å². The third kappa shape index (κ3) is 3.16. The quantitative estimate of drug-likeness (QED) is 0.502. The molecule has 0 radical (unpaired) electrons. The molecule has 2 N–H and O–H groups in total. The van der Waals surface area contributed by atoms with Gasteiger partial charge in [0.15, 0.2) is 5.11 Å². The summed E-state index contributed by atoms with van der Waals surface area (Å²) in [5.41, 5.74) is 6.52. The molecule has 1 aromatic carbocycles. The Morgan fingerprint density at radius 1 is 1.29 bits per heavy atom. The van der Waals surface area contributed by atoms with E-state index in [0.29, 0.717) is 16.9 Å². The normalized spacial score (nSPS) is 24.8. The van der Waals surface area contributed by atoms with Crippen molar-refractivity contribution in [1.82, 2.24) is 5.43 Å². The van der Waals surface area contributed by atoms with Gasteiger partial charge in [0.2, 0.25) is 0 Å². The lowest BCUT2D eigenvalue weighted by atomic mass is 9.74. The summed E-state index contributed by atoms with van der Waals surface area (Å²) in [6.07, 6.45) is 6.75. The number of hydrogen-bond donors (Lipinski definition) is 2. The van der Waals surface area contributed by atoms with Crippen molar-refractivity contribution in [3.8, 4) is 0 Å². The van der Waals surface area contributed by atoms with Gasteiger partial charge in [0.05, 0.1) is 0 Å². The van der Waals surface area contributed by atoms with Crippen LogP contribution in [-0.4, -0.2) is 10.8 Å². The summed E-state index contributed by atoms with van der Waals surface area (Å²) in [4.78, 5) is 0. The molecule has 2 aliphatic rings. The maximum atomic E-state index is 5.29. The maximum absolute atomic E-state index is 5.29. The number of allylic oxidation sites excluding steroid dienone is 2. The largest absolute Gasteiger partial charge is 0.331 e. The molecule has 0 unspecified atom stereocenters. The lowest BCUT2D eigenvalue weighted by molar-refractivity contribution is 0.463. The van der Waals surface area contributed by atoms with E-state index >= 15 is 0 Å². The van der Waals surface area contributed by atoms with Gasteiger partial charge in [-0.2, -0.15) is 5.10 Å². The second kappa shape index (κ2) is 5.98. The SMILES string of the molecule is CC(C)c1ccc(NC(=S)N/N=C2/C[C@H]3C=CC[C@@H]23)cc1. The molecule has 0 aromatic heterocycles. The van der Waals surface area contributed by atoms with Crippen LogP contribution in [0.3, 0.4) is 0 Å². The minimum absolute atomic E-state index is 0.544. The summed E-state index contributed by atoms with van der Waals surface area (Å²) in [7, 11) is 0. The number of anilines is 1. The van der Waals surface area contributed by atoms with Gasteiger partial charge >= 0.3 is 0 Å². The van der Waals surface area contributed by atoms with Crippen LogP contribution >= 0.6 is 12.2 Å². The highest BCUT2D eigenvalue weighted by Gasteiger charge is 2.37. The van der Waals surface area contributed by atoms with E-state index in [4.69, 9.17) is 12.2 Å². The van der Waals surface area contributed by atoms with Gasteiger partial charge in [-0.25, -0.2) is 0 Å². The number of hydrogen-bond acceptors (Lipinski definition) is 2. The molecule has 21 heavy (non-hydrogen) atoms. The highest BCUT2D eigenvalue weighted by atomic mass is 32.1. The summed E-state index contributed by atoms with van der Waals surface area (Å²) >= 11 is 5.29. The van der Waals surface area contributed by atoms with Crippen molar-refractivity contribution in [3.05, 3.63) is 42.0 Å². The Bertz CT molecular complexity index is 587. The fourth-order valence-corrected chi connectivity index (χ4v) is 3.06. The highest BCUT2D eigenvalue weighted by Crippen LogP contribution is 2.40. The van der Waals surface area contributed by atoms with E-state index in [1.54, 1.807) is 0 Å². The second-order valence-electron chi connectivity index (χ2n) is 6.08. The van der Waals surface area contributed by atoms with Gasteiger partial charge in [-0.05, 0) is 54.6 Å². The van der Waals surface area contributed by atoms with Crippen molar-refractivity contribution >= 4 is 28.7 Å². The van der Waals surface area contributed by atoms with Crippen LogP contribution in [0, 0.1) is 11.8 Å². The first-order valence-electron chi connectivity index (χ1n) is 7.53. The fourth-order valence-electron chi connectivity index (χ4n) is 2.90. The van der Waals surface area contributed by atoms with Crippen molar-refractivity contribution in [2.24, 2.45) is 16.9 Å². The number of thiocarbonyl (C=S) groups is 1. The molecule has 1 saturated carbocycles. The molecule has 1 aromatic rings. The third-order valence-electron chi connectivity index (χ3n) is 4.30. The summed E-state index contributed by atoms with van der Waals surface area (Å²) in [6.45, 7) is 4.38. The van der Waals surface area contributed by atoms with Crippen LogP contribution in [0.2, 0.25) is 0 Å². The lowest BCUT2D eigenvalue weighted by Crippen LogP contribution is -2.36. The zero-order valence-electron chi connectivity index (χ0n) is 12.5. The Morgan fingerprint density at radius 3 is 2.71 bits per heavy atom. The first-order valence-corrected chi connectivity index (χ1v) is 7.94. The van der Waals surface area contributed by atoms with Gasteiger partial charge < -0.3 is 5.32 Å². The number of fused-ring (bicyclic) bond motifs is 1. The Morgan fingerprint density at radius 2 is 2.05 bits per heavy atom. The molecule has 2 atom stereocenters. The second-order valence-corrected chi connectivity index (χ2v) is 6.49. The van der Waals surface area contributed by atoms with E-state index < -0.39 is 0 Å². The number of rotatable bonds is 3. The van der Waals surface area contributed by atoms with Crippen molar-refractivity contribution < 1.29 is 0 Å². The number of hydrazone groups is 1. The van der Waals surface area contributed by atoms with Crippen LogP contribution in [-0.2, 0) is 0 Å². The van der Waals surface area contributed by atoms with Crippen LogP contribution < -0.4 is 10.7 Å². The van der Waals surface area contributed by atoms with Crippen molar-refractivity contribution in [3.63, 3.8) is 0 Å².